The molecule has 1 saturated heterocycles. The molecule has 0 radical (unpaired) electrons. The van der Waals surface area contributed by atoms with Crippen LogP contribution in [-0.4, -0.2) is 57.7 Å². The molecule has 3 rings (SSSR count). The topological polar surface area (TPSA) is 116 Å². The van der Waals surface area contributed by atoms with Crippen molar-refractivity contribution in [2.75, 3.05) is 13.1 Å². The fourth-order valence-corrected chi connectivity index (χ4v) is 4.09. The Hall–Kier alpha value is -2.26. The molecule has 0 spiro atoms. The van der Waals surface area contributed by atoms with E-state index >= 15 is 0 Å². The predicted octanol–water partition coefficient (Wildman–Crippen LogP) is 0.936. The van der Waals surface area contributed by atoms with Gasteiger partial charge in [0, 0.05) is 12.6 Å². The molecule has 0 unspecified atom stereocenters. The number of Topliss-reactive ketones (excluding diaryl/α,β-unsaturated/α-hetero) is 1. The standard InChI is InChI=1S/C18H26N4O5/c23-12-21(26)11-14(9-13-3-1-2-4-13)18(25)22-16(5-7-19-22)17(24)10-15-6-8-27-20-15/h6,8,12-14,16,19,26H,1-5,7,9-11H2/t14-,16+/m1/s1. The number of carbonyl (C=O) groups is 3. The molecule has 2 N–H and O–H groups in total. The van der Waals surface area contributed by atoms with Crippen LogP contribution in [0.3, 0.4) is 0 Å². The van der Waals surface area contributed by atoms with Crippen molar-refractivity contribution in [1.29, 1.82) is 0 Å². The van der Waals surface area contributed by atoms with Crippen LogP contribution in [0.15, 0.2) is 16.9 Å². The highest BCUT2D eigenvalue weighted by Gasteiger charge is 2.38. The fraction of sp³-hybridized carbons (Fsp3) is 0.667. The zero-order chi connectivity index (χ0) is 19.2. The van der Waals surface area contributed by atoms with E-state index < -0.39 is 12.0 Å². The first-order chi connectivity index (χ1) is 13.1. The summed E-state index contributed by atoms with van der Waals surface area (Å²) in [7, 11) is 0. The Balaban J connectivity index is 1.68. The lowest BCUT2D eigenvalue weighted by atomic mass is 9.91. The zero-order valence-corrected chi connectivity index (χ0v) is 15.2. The molecule has 27 heavy (non-hydrogen) atoms. The molecule has 9 nitrogen and oxygen atoms in total. The van der Waals surface area contributed by atoms with Crippen LogP contribution in [0.25, 0.3) is 0 Å². The largest absolute Gasteiger partial charge is 0.364 e. The van der Waals surface area contributed by atoms with Crippen LogP contribution >= 0.6 is 0 Å². The third-order valence-electron chi connectivity index (χ3n) is 5.44. The maximum atomic E-state index is 13.1. The molecule has 1 aromatic rings. The van der Waals surface area contributed by atoms with Crippen molar-refractivity contribution in [3.05, 3.63) is 18.0 Å². The highest BCUT2D eigenvalue weighted by Crippen LogP contribution is 2.31. The number of carbonyl (C=O) groups excluding carboxylic acids is 3. The maximum Gasteiger partial charge on any atom is 0.242 e. The average molecular weight is 378 g/mol. The van der Waals surface area contributed by atoms with E-state index in [1.807, 2.05) is 0 Å². The Bertz CT molecular complexity index is 644. The second kappa shape index (κ2) is 9.09. The van der Waals surface area contributed by atoms with Gasteiger partial charge in [0.2, 0.25) is 12.3 Å². The van der Waals surface area contributed by atoms with E-state index in [4.69, 9.17) is 4.52 Å². The van der Waals surface area contributed by atoms with E-state index in [0.717, 1.165) is 25.7 Å². The first-order valence-corrected chi connectivity index (χ1v) is 9.48. The summed E-state index contributed by atoms with van der Waals surface area (Å²) in [5, 5.41) is 15.3. The number of nitrogens with one attached hydrogen (secondary N) is 1. The minimum absolute atomic E-state index is 0.0682. The van der Waals surface area contributed by atoms with Crippen molar-refractivity contribution in [2.24, 2.45) is 11.8 Å². The van der Waals surface area contributed by atoms with Gasteiger partial charge in [0.05, 0.1) is 24.6 Å². The van der Waals surface area contributed by atoms with Crippen LogP contribution in [0.4, 0.5) is 0 Å². The third-order valence-corrected chi connectivity index (χ3v) is 5.44. The number of amides is 2. The predicted molar refractivity (Wildman–Crippen MR) is 93.1 cm³/mol. The summed E-state index contributed by atoms with van der Waals surface area (Å²) in [6.07, 6.45) is 7.33. The summed E-state index contributed by atoms with van der Waals surface area (Å²) in [6.45, 7) is 0.453. The second-order valence-electron chi connectivity index (χ2n) is 7.37. The van der Waals surface area contributed by atoms with Crippen LogP contribution in [0.5, 0.6) is 0 Å². The van der Waals surface area contributed by atoms with E-state index in [9.17, 15) is 19.6 Å². The van der Waals surface area contributed by atoms with E-state index in [1.165, 1.54) is 11.3 Å². The van der Waals surface area contributed by atoms with E-state index in [0.29, 0.717) is 42.5 Å². The van der Waals surface area contributed by atoms with Gasteiger partial charge < -0.3 is 4.52 Å². The minimum Gasteiger partial charge on any atom is -0.364 e. The monoisotopic (exact) mass is 378 g/mol. The number of rotatable bonds is 9. The van der Waals surface area contributed by atoms with Crippen LogP contribution in [0, 0.1) is 11.8 Å². The minimum atomic E-state index is -0.580. The highest BCUT2D eigenvalue weighted by molar-refractivity contribution is 5.91. The third kappa shape index (κ3) is 4.92. The number of hydrazine groups is 1. The lowest BCUT2D eigenvalue weighted by molar-refractivity contribution is -0.159. The number of ketones is 1. The number of aromatic nitrogens is 1. The zero-order valence-electron chi connectivity index (χ0n) is 15.2. The summed E-state index contributed by atoms with van der Waals surface area (Å²) >= 11 is 0. The van der Waals surface area contributed by atoms with Gasteiger partial charge in [-0.05, 0) is 18.8 Å². The molecule has 9 heteroatoms. The van der Waals surface area contributed by atoms with E-state index in [2.05, 4.69) is 10.6 Å². The molecule has 2 atom stereocenters. The number of nitrogens with zero attached hydrogens (tertiary/aromatic N) is 3. The Labute approximate surface area is 157 Å². The molecule has 2 heterocycles. The second-order valence-corrected chi connectivity index (χ2v) is 7.37. The molecule has 2 aliphatic rings. The van der Waals surface area contributed by atoms with Crippen molar-refractivity contribution in [3.8, 4) is 0 Å². The summed E-state index contributed by atoms with van der Waals surface area (Å²) < 4.78 is 4.76. The highest BCUT2D eigenvalue weighted by atomic mass is 16.5. The van der Waals surface area contributed by atoms with Crippen LogP contribution in [0.1, 0.15) is 44.2 Å². The normalized spacial score (nSPS) is 21.4. The molecule has 2 fully saturated rings. The van der Waals surface area contributed by atoms with E-state index in [1.54, 1.807) is 6.07 Å². The summed E-state index contributed by atoms with van der Waals surface area (Å²) in [5.74, 6) is -0.501. The van der Waals surface area contributed by atoms with Crippen LogP contribution in [0.2, 0.25) is 0 Å². The molecule has 0 bridgehead atoms. The van der Waals surface area contributed by atoms with Crippen LogP contribution in [-0.2, 0) is 20.8 Å². The maximum absolute atomic E-state index is 13.1. The van der Waals surface area contributed by atoms with Gasteiger partial charge >= 0.3 is 0 Å². The average Bonchev–Trinajstić information content (AvgIpc) is 3.42. The Morgan fingerprint density at radius 2 is 2.19 bits per heavy atom. The molecule has 2 amide bonds. The van der Waals surface area contributed by atoms with Gasteiger partial charge in [-0.1, -0.05) is 30.8 Å². The van der Waals surface area contributed by atoms with Gasteiger partial charge in [-0.3, -0.25) is 24.6 Å². The number of hydrogen-bond acceptors (Lipinski definition) is 7. The van der Waals surface area contributed by atoms with Crippen molar-refractivity contribution >= 4 is 18.1 Å². The van der Waals surface area contributed by atoms with Gasteiger partial charge in [-0.25, -0.2) is 10.5 Å². The van der Waals surface area contributed by atoms with Crippen molar-refractivity contribution in [2.45, 2.75) is 51.0 Å². The smallest absolute Gasteiger partial charge is 0.242 e. The lowest BCUT2D eigenvalue weighted by Gasteiger charge is -2.29. The van der Waals surface area contributed by atoms with E-state index in [-0.39, 0.29) is 24.7 Å². The van der Waals surface area contributed by atoms with Gasteiger partial charge in [-0.2, -0.15) is 0 Å². The summed E-state index contributed by atoms with van der Waals surface area (Å²) in [6, 6.07) is 1.05. The van der Waals surface area contributed by atoms with Gasteiger partial charge in [-0.15, -0.1) is 0 Å². The molecule has 1 saturated carbocycles. The molecule has 1 aliphatic carbocycles. The first-order valence-electron chi connectivity index (χ1n) is 9.48. The van der Waals surface area contributed by atoms with Crippen molar-refractivity contribution < 1.29 is 24.1 Å². The summed E-state index contributed by atoms with van der Waals surface area (Å²) in [5.41, 5.74) is 3.53. The van der Waals surface area contributed by atoms with Gasteiger partial charge in [0.15, 0.2) is 5.78 Å². The summed E-state index contributed by atoms with van der Waals surface area (Å²) in [4.78, 5) is 36.6. The van der Waals surface area contributed by atoms with Gasteiger partial charge in [0.25, 0.3) is 0 Å². The molecular weight excluding hydrogens is 352 g/mol. The Morgan fingerprint density at radius 1 is 1.41 bits per heavy atom. The molecule has 0 aromatic carbocycles. The Morgan fingerprint density at radius 3 is 2.85 bits per heavy atom. The first kappa shape index (κ1) is 19.5. The number of hydroxylamine groups is 2. The molecular formula is C18H26N4O5. The lowest BCUT2D eigenvalue weighted by Crippen LogP contribution is -2.50. The number of hydrogen-bond donors (Lipinski definition) is 2. The van der Waals surface area contributed by atoms with Crippen molar-refractivity contribution in [1.82, 2.24) is 20.7 Å². The molecule has 148 valence electrons. The van der Waals surface area contributed by atoms with Crippen LogP contribution < -0.4 is 5.43 Å². The fourth-order valence-electron chi connectivity index (χ4n) is 4.09. The molecule has 1 aliphatic heterocycles. The van der Waals surface area contributed by atoms with Crippen molar-refractivity contribution in [3.63, 3.8) is 0 Å². The quantitative estimate of drug-likeness (QED) is 0.373. The Kier molecular flexibility index (Phi) is 6.57. The van der Waals surface area contributed by atoms with Gasteiger partial charge in [0.1, 0.15) is 12.3 Å². The molecule has 1 aromatic heterocycles. The SMILES string of the molecule is O=CN(O)C[C@@H](CC1CCCC1)C(=O)N1NCC[C@H]1C(=O)Cc1ccon1.